The summed E-state index contributed by atoms with van der Waals surface area (Å²) in [6, 6.07) is 4.92. The zero-order valence-electron chi connectivity index (χ0n) is 13.4. The SMILES string of the molecule is COc1cc(/C=C/c2ccc(=O)[nH]n2)c(OC)c(OC)c1SC. The number of ether oxygens (including phenoxy) is 3. The van der Waals surface area contributed by atoms with Crippen LogP contribution < -0.4 is 19.8 Å². The molecule has 0 radical (unpaired) electrons. The Hall–Kier alpha value is -2.41. The van der Waals surface area contributed by atoms with E-state index in [1.165, 1.54) is 17.8 Å². The number of hydrogen-bond donors (Lipinski definition) is 1. The summed E-state index contributed by atoms with van der Waals surface area (Å²) in [5, 5.41) is 6.32. The van der Waals surface area contributed by atoms with Gasteiger partial charge < -0.3 is 14.2 Å². The Morgan fingerprint density at radius 3 is 2.35 bits per heavy atom. The molecule has 0 aliphatic heterocycles. The van der Waals surface area contributed by atoms with Crippen LogP contribution in [0.5, 0.6) is 17.2 Å². The first kappa shape index (κ1) is 17.0. The molecule has 0 aliphatic rings. The number of aromatic nitrogens is 2. The number of H-pyrrole nitrogens is 1. The second kappa shape index (κ2) is 7.73. The highest BCUT2D eigenvalue weighted by Gasteiger charge is 2.18. The van der Waals surface area contributed by atoms with Crippen molar-refractivity contribution in [3.8, 4) is 17.2 Å². The van der Waals surface area contributed by atoms with Crippen molar-refractivity contribution in [2.45, 2.75) is 4.90 Å². The van der Waals surface area contributed by atoms with Gasteiger partial charge in [0.25, 0.3) is 5.56 Å². The van der Waals surface area contributed by atoms with E-state index in [-0.39, 0.29) is 5.56 Å². The zero-order chi connectivity index (χ0) is 16.8. The molecule has 0 atom stereocenters. The minimum atomic E-state index is -0.243. The van der Waals surface area contributed by atoms with Crippen LogP contribution in [-0.2, 0) is 0 Å². The van der Waals surface area contributed by atoms with Crippen LogP contribution in [0.3, 0.4) is 0 Å². The lowest BCUT2D eigenvalue weighted by molar-refractivity contribution is 0.337. The molecule has 23 heavy (non-hydrogen) atoms. The highest BCUT2D eigenvalue weighted by atomic mass is 32.2. The van der Waals surface area contributed by atoms with Crippen molar-refractivity contribution in [3.05, 3.63) is 39.8 Å². The van der Waals surface area contributed by atoms with Gasteiger partial charge in [-0.1, -0.05) is 0 Å². The quantitative estimate of drug-likeness (QED) is 0.819. The van der Waals surface area contributed by atoms with E-state index in [1.54, 1.807) is 33.5 Å². The molecular weight excluding hydrogens is 316 g/mol. The van der Waals surface area contributed by atoms with Gasteiger partial charge in [-0.15, -0.1) is 11.8 Å². The summed E-state index contributed by atoms with van der Waals surface area (Å²) in [7, 11) is 4.79. The third-order valence-electron chi connectivity index (χ3n) is 3.15. The van der Waals surface area contributed by atoms with Gasteiger partial charge in [-0.25, -0.2) is 5.10 Å². The molecule has 122 valence electrons. The molecule has 0 fully saturated rings. The third kappa shape index (κ3) is 3.68. The van der Waals surface area contributed by atoms with Crippen molar-refractivity contribution in [2.75, 3.05) is 27.6 Å². The number of methoxy groups -OCH3 is 3. The van der Waals surface area contributed by atoms with Crippen molar-refractivity contribution in [1.82, 2.24) is 10.2 Å². The second-order valence-corrected chi connectivity index (χ2v) is 5.26. The fourth-order valence-electron chi connectivity index (χ4n) is 2.11. The Kier molecular flexibility index (Phi) is 5.70. The maximum absolute atomic E-state index is 11.0. The molecule has 0 unspecified atom stereocenters. The monoisotopic (exact) mass is 334 g/mol. The van der Waals surface area contributed by atoms with Gasteiger partial charge in [0.1, 0.15) is 5.75 Å². The van der Waals surface area contributed by atoms with E-state index < -0.39 is 0 Å². The largest absolute Gasteiger partial charge is 0.495 e. The first-order chi connectivity index (χ1) is 11.1. The number of benzene rings is 1. The van der Waals surface area contributed by atoms with Gasteiger partial charge in [0, 0.05) is 11.6 Å². The first-order valence-electron chi connectivity index (χ1n) is 6.75. The molecule has 2 rings (SSSR count). The minimum Gasteiger partial charge on any atom is -0.495 e. The molecule has 0 bridgehead atoms. The van der Waals surface area contributed by atoms with Crippen LogP contribution in [-0.4, -0.2) is 37.8 Å². The average molecular weight is 334 g/mol. The summed E-state index contributed by atoms with van der Waals surface area (Å²) in [5.41, 5.74) is 1.16. The van der Waals surface area contributed by atoms with Crippen LogP contribution >= 0.6 is 11.8 Å². The van der Waals surface area contributed by atoms with Gasteiger partial charge >= 0.3 is 0 Å². The molecular formula is C16H18N2O4S. The normalized spacial score (nSPS) is 10.8. The predicted molar refractivity (Wildman–Crippen MR) is 91.7 cm³/mol. The van der Waals surface area contributed by atoms with Crippen molar-refractivity contribution in [3.63, 3.8) is 0 Å². The van der Waals surface area contributed by atoms with Crippen LogP contribution in [0.25, 0.3) is 12.2 Å². The molecule has 0 saturated heterocycles. The summed E-state index contributed by atoms with van der Waals surface area (Å²) >= 11 is 1.52. The maximum atomic E-state index is 11.0. The summed E-state index contributed by atoms with van der Waals surface area (Å²) in [6.07, 6.45) is 5.54. The van der Waals surface area contributed by atoms with E-state index in [1.807, 2.05) is 18.4 Å². The molecule has 6 nitrogen and oxygen atoms in total. The Labute approximate surface area is 138 Å². The fourth-order valence-corrected chi connectivity index (χ4v) is 2.81. The van der Waals surface area contributed by atoms with E-state index >= 15 is 0 Å². The molecule has 1 aromatic heterocycles. The summed E-state index contributed by atoms with van der Waals surface area (Å²) < 4.78 is 16.4. The summed E-state index contributed by atoms with van der Waals surface area (Å²) in [6.45, 7) is 0. The van der Waals surface area contributed by atoms with Gasteiger partial charge in [0.05, 0.1) is 31.9 Å². The topological polar surface area (TPSA) is 73.4 Å². The van der Waals surface area contributed by atoms with Gasteiger partial charge in [-0.05, 0) is 30.5 Å². The maximum Gasteiger partial charge on any atom is 0.264 e. The van der Waals surface area contributed by atoms with E-state index in [0.29, 0.717) is 22.9 Å². The van der Waals surface area contributed by atoms with Gasteiger partial charge in [0.15, 0.2) is 11.5 Å². The minimum absolute atomic E-state index is 0.243. The number of nitrogens with zero attached hydrogens (tertiary/aromatic N) is 1. The van der Waals surface area contributed by atoms with Gasteiger partial charge in [-0.2, -0.15) is 5.10 Å². The molecule has 0 aliphatic carbocycles. The lowest BCUT2D eigenvalue weighted by atomic mass is 10.1. The number of rotatable bonds is 6. The van der Waals surface area contributed by atoms with Crippen LogP contribution in [0.2, 0.25) is 0 Å². The lowest BCUT2D eigenvalue weighted by Gasteiger charge is -2.17. The second-order valence-electron chi connectivity index (χ2n) is 4.45. The molecule has 7 heteroatoms. The van der Waals surface area contributed by atoms with Crippen molar-refractivity contribution < 1.29 is 14.2 Å². The molecule has 1 heterocycles. The van der Waals surface area contributed by atoms with Crippen molar-refractivity contribution in [1.29, 1.82) is 0 Å². The Morgan fingerprint density at radius 1 is 1.09 bits per heavy atom. The highest BCUT2D eigenvalue weighted by Crippen LogP contribution is 2.46. The number of hydrogen-bond acceptors (Lipinski definition) is 6. The van der Waals surface area contributed by atoms with Gasteiger partial charge in [0.2, 0.25) is 0 Å². The van der Waals surface area contributed by atoms with Crippen LogP contribution in [0.4, 0.5) is 0 Å². The average Bonchev–Trinajstić information content (AvgIpc) is 2.59. The van der Waals surface area contributed by atoms with Crippen LogP contribution in [0, 0.1) is 0 Å². The zero-order valence-corrected chi connectivity index (χ0v) is 14.2. The smallest absolute Gasteiger partial charge is 0.264 e. The molecule has 1 aromatic carbocycles. The van der Waals surface area contributed by atoms with E-state index in [9.17, 15) is 4.79 Å². The van der Waals surface area contributed by atoms with E-state index in [2.05, 4.69) is 10.2 Å². The molecule has 2 aromatic rings. The Morgan fingerprint density at radius 2 is 1.83 bits per heavy atom. The van der Waals surface area contributed by atoms with E-state index in [0.717, 1.165) is 10.5 Å². The molecule has 1 N–H and O–H groups in total. The van der Waals surface area contributed by atoms with Gasteiger partial charge in [-0.3, -0.25) is 4.79 Å². The fraction of sp³-hybridized carbons (Fsp3) is 0.250. The third-order valence-corrected chi connectivity index (χ3v) is 3.95. The number of nitrogens with one attached hydrogen (secondary N) is 1. The molecule has 0 spiro atoms. The van der Waals surface area contributed by atoms with Crippen molar-refractivity contribution in [2.24, 2.45) is 0 Å². The predicted octanol–water partition coefficient (Wildman–Crippen LogP) is 2.69. The number of thioether (sulfide) groups is 1. The Bertz CT molecular complexity index is 751. The Balaban J connectivity index is 2.52. The summed E-state index contributed by atoms with van der Waals surface area (Å²) in [4.78, 5) is 11.9. The lowest BCUT2D eigenvalue weighted by Crippen LogP contribution is -2.05. The van der Waals surface area contributed by atoms with Crippen LogP contribution in [0.15, 0.2) is 27.9 Å². The highest BCUT2D eigenvalue weighted by molar-refractivity contribution is 7.98. The summed E-state index contributed by atoms with van der Waals surface area (Å²) in [5.74, 6) is 1.93. The van der Waals surface area contributed by atoms with Crippen molar-refractivity contribution >= 4 is 23.9 Å². The standard InChI is InChI=1S/C16H18N2O4S/c1-20-12-9-10(5-6-11-7-8-13(19)18-17-11)14(21-2)15(22-3)16(12)23-4/h5-9H,1-4H3,(H,18,19)/b6-5+. The first-order valence-corrected chi connectivity index (χ1v) is 7.97. The molecule has 0 saturated carbocycles. The van der Waals surface area contributed by atoms with Crippen LogP contribution in [0.1, 0.15) is 11.3 Å². The number of aromatic amines is 1. The molecule has 0 amide bonds. The van der Waals surface area contributed by atoms with E-state index in [4.69, 9.17) is 14.2 Å².